The molecule has 0 spiro atoms. The first-order chi connectivity index (χ1) is 10.4. The second-order valence-electron chi connectivity index (χ2n) is 5.60. The highest BCUT2D eigenvalue weighted by molar-refractivity contribution is 7.94. The molecule has 4 heteroatoms. The molecule has 2 rings (SSSR count). The average Bonchev–Trinajstić information content (AvgIpc) is 2.45. The van der Waals surface area contributed by atoms with Crippen LogP contribution >= 0.6 is 7.80 Å². The van der Waals surface area contributed by atoms with Crippen LogP contribution < -0.4 is 20.1 Å². The van der Waals surface area contributed by atoms with Gasteiger partial charge in [-0.1, -0.05) is 7.80 Å². The zero-order valence-corrected chi connectivity index (χ0v) is 15.0. The van der Waals surface area contributed by atoms with Gasteiger partial charge in [0.1, 0.15) is 19.1 Å². The van der Waals surface area contributed by atoms with E-state index in [2.05, 4.69) is 52.0 Å². The van der Waals surface area contributed by atoms with Crippen LogP contribution in [0.2, 0.25) is 0 Å². The number of hydrogen-bond acceptors (Lipinski definition) is 2. The fraction of sp³-hybridized carbons (Fsp3) is 0.333. The van der Waals surface area contributed by atoms with E-state index in [-0.39, 0.29) is 0 Å². The summed E-state index contributed by atoms with van der Waals surface area (Å²) in [6, 6.07) is 8.53. The molecule has 0 bridgehead atoms. The van der Waals surface area contributed by atoms with E-state index in [1.807, 2.05) is 0 Å². The molecule has 2 aromatic rings. The molecule has 0 aromatic heterocycles. The van der Waals surface area contributed by atoms with Crippen LogP contribution in [0.5, 0.6) is 11.5 Å². The maximum Gasteiger partial charge on any atom is 0.124 e. The van der Waals surface area contributed by atoms with E-state index in [1.54, 1.807) is 14.2 Å². The zero-order valence-electron chi connectivity index (χ0n) is 14.2. The van der Waals surface area contributed by atoms with Gasteiger partial charge < -0.3 is 9.47 Å². The van der Waals surface area contributed by atoms with Crippen molar-refractivity contribution in [3.05, 3.63) is 46.5 Å². The average molecular weight is 312 g/mol. The van der Waals surface area contributed by atoms with Crippen molar-refractivity contribution in [2.45, 2.75) is 27.7 Å². The van der Waals surface area contributed by atoms with Crippen LogP contribution in [0.1, 0.15) is 22.3 Å². The van der Waals surface area contributed by atoms with Gasteiger partial charge in [-0.05, 0) is 84.8 Å². The van der Waals surface area contributed by atoms with Crippen molar-refractivity contribution < 1.29 is 9.47 Å². The van der Waals surface area contributed by atoms with Crippen molar-refractivity contribution in [1.82, 2.24) is 0 Å². The lowest BCUT2D eigenvalue weighted by molar-refractivity contribution is 0.408. The van der Waals surface area contributed by atoms with Gasteiger partial charge in [0, 0.05) is 0 Å². The lowest BCUT2D eigenvalue weighted by Crippen LogP contribution is -2.14. The van der Waals surface area contributed by atoms with E-state index < -0.39 is 7.80 Å². The third-order valence-electron chi connectivity index (χ3n) is 3.85. The van der Waals surface area contributed by atoms with Gasteiger partial charge >= 0.3 is 0 Å². The first kappa shape index (κ1) is 16.9. The third kappa shape index (κ3) is 3.15. The minimum absolute atomic E-state index is 0.881. The van der Waals surface area contributed by atoms with Gasteiger partial charge in [-0.3, -0.25) is 0 Å². The molecule has 0 aliphatic carbocycles. The van der Waals surface area contributed by atoms with Crippen molar-refractivity contribution in [2.24, 2.45) is 0 Å². The zero-order chi connectivity index (χ0) is 16.4. The predicted molar refractivity (Wildman–Crippen MR) is 96.9 cm³/mol. The Kier molecular flexibility index (Phi) is 5.18. The lowest BCUT2D eigenvalue weighted by atomic mass is 10.1. The molecule has 2 aromatic carbocycles. The standard InChI is InChI=1S/C18H22BO2P/c1-11-7-15(8-12(2)17(11)20-5)22(19)16-9-13(3)18(21-6)14(4)10-16/h7-10H,1-6H3. The maximum absolute atomic E-state index is 6.56. The van der Waals surface area contributed by atoms with Gasteiger partial charge in [0.15, 0.2) is 0 Å². The minimum Gasteiger partial charge on any atom is -0.496 e. The summed E-state index contributed by atoms with van der Waals surface area (Å²) in [6.07, 6.45) is 0. The Morgan fingerprint density at radius 1 is 0.682 bits per heavy atom. The molecule has 0 saturated carbocycles. The highest BCUT2D eigenvalue weighted by Gasteiger charge is 2.14. The molecule has 0 saturated heterocycles. The van der Waals surface area contributed by atoms with Gasteiger partial charge in [-0.25, -0.2) is 0 Å². The summed E-state index contributed by atoms with van der Waals surface area (Å²) in [5.74, 6) is 1.88. The van der Waals surface area contributed by atoms with Crippen molar-refractivity contribution in [1.29, 1.82) is 0 Å². The Labute approximate surface area is 136 Å². The molecule has 0 amide bonds. The molecule has 2 nitrogen and oxygen atoms in total. The van der Waals surface area contributed by atoms with Crippen LogP contribution in [0, 0.1) is 27.7 Å². The van der Waals surface area contributed by atoms with Crippen LogP contribution in [0.25, 0.3) is 0 Å². The molecule has 0 N–H and O–H groups in total. The smallest absolute Gasteiger partial charge is 0.124 e. The van der Waals surface area contributed by atoms with Crippen molar-refractivity contribution in [2.75, 3.05) is 14.2 Å². The molecule has 0 aliphatic heterocycles. The summed E-state index contributed by atoms with van der Waals surface area (Å²) >= 11 is 0. The second kappa shape index (κ2) is 6.75. The van der Waals surface area contributed by atoms with E-state index in [1.165, 1.54) is 0 Å². The summed E-state index contributed by atoms with van der Waals surface area (Å²) in [5.41, 5.74) is 4.49. The third-order valence-corrected chi connectivity index (χ3v) is 5.48. The Bertz CT molecular complexity index is 592. The Morgan fingerprint density at radius 2 is 0.955 bits per heavy atom. The number of hydrogen-bond donors (Lipinski definition) is 0. The van der Waals surface area contributed by atoms with Crippen molar-refractivity contribution in [3.8, 4) is 11.5 Å². The van der Waals surface area contributed by atoms with Gasteiger partial charge in [0.25, 0.3) is 0 Å². The van der Waals surface area contributed by atoms with Gasteiger partial charge in [-0.15, -0.1) is 0 Å². The lowest BCUT2D eigenvalue weighted by Gasteiger charge is -2.20. The molecule has 0 aliphatic rings. The molecule has 0 heterocycles. The highest BCUT2D eigenvalue weighted by Crippen LogP contribution is 2.34. The summed E-state index contributed by atoms with van der Waals surface area (Å²) in [5, 5.41) is 2.32. The topological polar surface area (TPSA) is 18.5 Å². The molecule has 114 valence electrons. The Morgan fingerprint density at radius 3 is 1.18 bits per heavy atom. The molecular weight excluding hydrogens is 290 g/mol. The molecule has 22 heavy (non-hydrogen) atoms. The number of rotatable bonds is 4. The van der Waals surface area contributed by atoms with Gasteiger partial charge in [0.2, 0.25) is 0 Å². The molecule has 0 atom stereocenters. The van der Waals surface area contributed by atoms with Gasteiger partial charge in [-0.2, -0.15) is 0 Å². The second-order valence-corrected chi connectivity index (χ2v) is 7.37. The van der Waals surface area contributed by atoms with Crippen LogP contribution in [0.3, 0.4) is 0 Å². The Hall–Kier alpha value is -1.47. The summed E-state index contributed by atoms with van der Waals surface area (Å²) in [7, 11) is 9.09. The van der Waals surface area contributed by atoms with E-state index >= 15 is 0 Å². The van der Waals surface area contributed by atoms with Crippen molar-refractivity contribution in [3.63, 3.8) is 0 Å². The highest BCUT2D eigenvalue weighted by atomic mass is 31.1. The SMILES string of the molecule is [B]P(c1cc(C)c(OC)c(C)c1)c1cc(C)c(OC)c(C)c1. The fourth-order valence-electron chi connectivity index (χ4n) is 2.93. The molecular formula is C18H22BO2P. The normalized spacial score (nSPS) is 10.9. The summed E-state index contributed by atoms with van der Waals surface area (Å²) in [6.45, 7) is 8.23. The number of ether oxygens (including phenoxy) is 2. The molecule has 0 unspecified atom stereocenters. The van der Waals surface area contributed by atoms with Gasteiger partial charge in [0.05, 0.1) is 14.2 Å². The van der Waals surface area contributed by atoms with E-state index in [0.29, 0.717) is 0 Å². The van der Waals surface area contributed by atoms with E-state index in [9.17, 15) is 0 Å². The number of aryl methyl sites for hydroxylation is 4. The maximum atomic E-state index is 6.56. The predicted octanol–water partition coefficient (Wildman–Crippen LogP) is 3.45. The van der Waals surface area contributed by atoms with E-state index in [4.69, 9.17) is 17.0 Å². The van der Waals surface area contributed by atoms with Crippen LogP contribution in [0.4, 0.5) is 0 Å². The van der Waals surface area contributed by atoms with Crippen LogP contribution in [-0.4, -0.2) is 21.8 Å². The number of benzene rings is 2. The quantitative estimate of drug-likeness (QED) is 0.636. The number of methoxy groups -OCH3 is 2. The molecule has 2 radical (unpaired) electrons. The Balaban J connectivity index is 2.46. The first-order valence-corrected chi connectivity index (χ1v) is 8.65. The largest absolute Gasteiger partial charge is 0.496 e. The van der Waals surface area contributed by atoms with Crippen LogP contribution in [-0.2, 0) is 0 Å². The fourth-order valence-corrected chi connectivity index (χ4v) is 4.56. The summed E-state index contributed by atoms with van der Waals surface area (Å²) in [4.78, 5) is 0. The minimum atomic E-state index is -0.881. The van der Waals surface area contributed by atoms with Crippen LogP contribution in [0.15, 0.2) is 24.3 Å². The van der Waals surface area contributed by atoms with E-state index in [0.717, 1.165) is 44.4 Å². The first-order valence-electron chi connectivity index (χ1n) is 7.24. The van der Waals surface area contributed by atoms with Crippen molar-refractivity contribution >= 4 is 26.0 Å². The summed E-state index contributed by atoms with van der Waals surface area (Å²) < 4.78 is 10.9. The molecule has 0 fully saturated rings. The monoisotopic (exact) mass is 312 g/mol.